The summed E-state index contributed by atoms with van der Waals surface area (Å²) in [5.41, 5.74) is 2.44. The van der Waals surface area contributed by atoms with Crippen LogP contribution < -0.4 is 30.2 Å². The molecule has 0 aliphatic carbocycles. The number of hydrogen-bond donors (Lipinski definition) is 6. The van der Waals surface area contributed by atoms with Crippen LogP contribution in [0.4, 0.5) is 0 Å². The van der Waals surface area contributed by atoms with Crippen molar-refractivity contribution in [2.24, 2.45) is 0 Å². The average Bonchev–Trinajstić information content (AvgIpc) is 3.06. The number of nitrogens with zero attached hydrogens (tertiary/aromatic N) is 1. The molecule has 46 heavy (non-hydrogen) atoms. The average molecular weight is 639 g/mol. The highest BCUT2D eigenvalue weighted by molar-refractivity contribution is 5.46. The molecule has 3 unspecified atom stereocenters. The summed E-state index contributed by atoms with van der Waals surface area (Å²) in [6.07, 6.45) is 2.84. The van der Waals surface area contributed by atoms with Gasteiger partial charge in [-0.2, -0.15) is 0 Å². The number of aromatic hydroxyl groups is 3. The molecule has 0 heterocycles. The van der Waals surface area contributed by atoms with Crippen molar-refractivity contribution < 1.29 is 29.5 Å². The number of nitrogens with one attached hydrogen (secondary N) is 3. The summed E-state index contributed by atoms with van der Waals surface area (Å²) in [7, 11) is 4.67. The van der Waals surface area contributed by atoms with E-state index in [9.17, 15) is 15.3 Å². The van der Waals surface area contributed by atoms with E-state index in [1.54, 1.807) is 39.5 Å². The monoisotopic (exact) mass is 638 g/mol. The van der Waals surface area contributed by atoms with Crippen LogP contribution in [0.3, 0.4) is 0 Å². The molecule has 0 amide bonds. The fourth-order valence-corrected chi connectivity index (χ4v) is 5.25. The zero-order chi connectivity index (χ0) is 33.5. The van der Waals surface area contributed by atoms with Crippen LogP contribution in [-0.4, -0.2) is 79.3 Å². The Hall–Kier alpha value is -3.70. The Morgan fingerprint density at radius 1 is 0.522 bits per heavy atom. The Morgan fingerprint density at radius 3 is 1.07 bits per heavy atom. The van der Waals surface area contributed by atoms with Crippen LogP contribution >= 0.6 is 0 Å². The van der Waals surface area contributed by atoms with Crippen molar-refractivity contribution in [3.05, 3.63) is 71.3 Å². The molecule has 6 N–H and O–H groups in total. The molecule has 0 bridgehead atoms. The molecule has 3 aromatic carbocycles. The first-order valence-corrected chi connectivity index (χ1v) is 16.1. The third-order valence-corrected chi connectivity index (χ3v) is 8.47. The Labute approximate surface area is 274 Å². The lowest BCUT2D eigenvalue weighted by molar-refractivity contribution is 0.233. The highest BCUT2D eigenvalue weighted by Gasteiger charge is 2.15. The van der Waals surface area contributed by atoms with Crippen LogP contribution in [0, 0.1) is 0 Å². The maximum Gasteiger partial charge on any atom is 0.162 e. The fraction of sp³-hybridized carbons (Fsp3) is 0.500. The van der Waals surface area contributed by atoms with Crippen molar-refractivity contribution in [2.45, 2.75) is 77.8 Å². The highest BCUT2D eigenvalue weighted by atomic mass is 16.5. The molecule has 0 saturated carbocycles. The van der Waals surface area contributed by atoms with Crippen LogP contribution in [0.1, 0.15) is 56.7 Å². The molecule has 3 aromatic rings. The minimum Gasteiger partial charge on any atom is -0.504 e. The van der Waals surface area contributed by atoms with Crippen molar-refractivity contribution in [3.8, 4) is 34.5 Å². The van der Waals surface area contributed by atoms with Crippen LogP contribution in [-0.2, 0) is 19.6 Å². The predicted molar refractivity (Wildman–Crippen MR) is 183 cm³/mol. The lowest BCUT2D eigenvalue weighted by atomic mass is 10.1. The standard InChI is InChI=1S/C36H54N4O6/c1-25(37-22-28-10-7-13-31(44-4)34(28)41)16-19-40(20-17-26(2)38-23-29-11-8-14-32(45-5)35(29)42)21-18-27(3)39-24-30-12-9-15-33(46-6)36(30)43/h7-15,25-27,37-39,41-43H,16-24H2,1-6H3. The molecule has 0 saturated heterocycles. The number of phenols is 3. The van der Waals surface area contributed by atoms with Gasteiger partial charge in [0.2, 0.25) is 0 Å². The van der Waals surface area contributed by atoms with Crippen LogP contribution in [0.2, 0.25) is 0 Å². The van der Waals surface area contributed by atoms with E-state index in [2.05, 4.69) is 41.6 Å². The molecular formula is C36H54N4O6. The van der Waals surface area contributed by atoms with Gasteiger partial charge in [-0.25, -0.2) is 0 Å². The molecule has 10 nitrogen and oxygen atoms in total. The first-order valence-electron chi connectivity index (χ1n) is 16.1. The number of methoxy groups -OCH3 is 3. The topological polar surface area (TPSA) is 128 Å². The van der Waals surface area contributed by atoms with Gasteiger partial charge < -0.3 is 50.4 Å². The molecule has 10 heteroatoms. The Morgan fingerprint density at radius 2 is 0.804 bits per heavy atom. The molecule has 0 aliphatic heterocycles. The van der Waals surface area contributed by atoms with E-state index in [1.165, 1.54) is 0 Å². The number of para-hydroxylation sites is 3. The van der Waals surface area contributed by atoms with E-state index in [0.29, 0.717) is 36.9 Å². The van der Waals surface area contributed by atoms with Crippen molar-refractivity contribution in [1.82, 2.24) is 20.9 Å². The first kappa shape index (κ1) is 36.8. The second kappa shape index (κ2) is 19.1. The number of hydrogen-bond acceptors (Lipinski definition) is 10. The molecule has 0 aliphatic rings. The summed E-state index contributed by atoms with van der Waals surface area (Å²) in [6, 6.07) is 17.4. The summed E-state index contributed by atoms with van der Waals surface area (Å²) in [5, 5.41) is 42.0. The van der Waals surface area contributed by atoms with Gasteiger partial charge in [0.1, 0.15) is 0 Å². The third kappa shape index (κ3) is 11.3. The molecule has 0 spiro atoms. The Bertz CT molecular complexity index is 1180. The summed E-state index contributed by atoms with van der Waals surface area (Å²) in [4.78, 5) is 2.50. The van der Waals surface area contributed by atoms with Gasteiger partial charge in [0.05, 0.1) is 21.3 Å². The van der Waals surface area contributed by atoms with Crippen molar-refractivity contribution >= 4 is 0 Å². The summed E-state index contributed by atoms with van der Waals surface area (Å²) in [5.74, 6) is 1.97. The van der Waals surface area contributed by atoms with E-state index < -0.39 is 0 Å². The normalized spacial score (nSPS) is 13.4. The molecule has 3 rings (SSSR count). The summed E-state index contributed by atoms with van der Waals surface area (Å²) < 4.78 is 15.8. The second-order valence-electron chi connectivity index (χ2n) is 12.0. The van der Waals surface area contributed by atoms with Crippen LogP contribution in [0.15, 0.2) is 54.6 Å². The number of benzene rings is 3. The van der Waals surface area contributed by atoms with Gasteiger partial charge in [0, 0.05) is 54.5 Å². The van der Waals surface area contributed by atoms with Gasteiger partial charge in [-0.1, -0.05) is 36.4 Å². The Kier molecular flexibility index (Phi) is 15.2. The van der Waals surface area contributed by atoms with E-state index in [0.717, 1.165) is 55.6 Å². The highest BCUT2D eigenvalue weighted by Crippen LogP contribution is 2.31. The first-order chi connectivity index (χ1) is 22.2. The minimum atomic E-state index is 0.179. The van der Waals surface area contributed by atoms with Gasteiger partial charge >= 0.3 is 0 Å². The molecule has 0 radical (unpaired) electrons. The smallest absolute Gasteiger partial charge is 0.162 e. The quantitative estimate of drug-likeness (QED) is 0.0934. The van der Waals surface area contributed by atoms with Gasteiger partial charge in [-0.3, -0.25) is 0 Å². The summed E-state index contributed by atoms with van der Waals surface area (Å²) in [6.45, 7) is 10.9. The molecule has 0 fully saturated rings. The van der Waals surface area contributed by atoms with E-state index in [-0.39, 0.29) is 35.4 Å². The van der Waals surface area contributed by atoms with Crippen molar-refractivity contribution in [1.29, 1.82) is 0 Å². The van der Waals surface area contributed by atoms with Crippen molar-refractivity contribution in [3.63, 3.8) is 0 Å². The lowest BCUT2D eigenvalue weighted by Crippen LogP contribution is -2.38. The minimum absolute atomic E-state index is 0.179. The lowest BCUT2D eigenvalue weighted by Gasteiger charge is -2.27. The third-order valence-electron chi connectivity index (χ3n) is 8.47. The molecule has 0 aromatic heterocycles. The zero-order valence-corrected chi connectivity index (χ0v) is 28.3. The number of rotatable bonds is 21. The summed E-state index contributed by atoms with van der Waals surface area (Å²) >= 11 is 0. The molecule has 3 atom stereocenters. The van der Waals surface area contributed by atoms with Gasteiger partial charge in [0.25, 0.3) is 0 Å². The van der Waals surface area contributed by atoms with Gasteiger partial charge in [-0.15, -0.1) is 0 Å². The van der Waals surface area contributed by atoms with E-state index in [1.807, 2.05) is 36.4 Å². The maximum atomic E-state index is 10.5. The molecular weight excluding hydrogens is 584 g/mol. The van der Waals surface area contributed by atoms with Gasteiger partial charge in [0.15, 0.2) is 34.5 Å². The zero-order valence-electron chi connectivity index (χ0n) is 28.3. The Balaban J connectivity index is 1.54. The maximum absolute atomic E-state index is 10.5. The second-order valence-corrected chi connectivity index (χ2v) is 12.0. The van der Waals surface area contributed by atoms with E-state index in [4.69, 9.17) is 14.2 Å². The van der Waals surface area contributed by atoms with Gasteiger partial charge in [-0.05, 0) is 77.9 Å². The fourth-order valence-electron chi connectivity index (χ4n) is 5.25. The number of phenolic OH excluding ortho intramolecular Hbond substituents is 3. The van der Waals surface area contributed by atoms with E-state index >= 15 is 0 Å². The van der Waals surface area contributed by atoms with Crippen LogP contribution in [0.25, 0.3) is 0 Å². The van der Waals surface area contributed by atoms with Crippen LogP contribution in [0.5, 0.6) is 34.5 Å². The number of ether oxygens (including phenoxy) is 3. The van der Waals surface area contributed by atoms with Crippen molar-refractivity contribution in [2.75, 3.05) is 41.0 Å². The predicted octanol–water partition coefficient (Wildman–Crippen LogP) is 5.14. The molecule has 254 valence electrons. The largest absolute Gasteiger partial charge is 0.504 e. The SMILES string of the molecule is COc1cccc(CNC(C)CCN(CCC(C)NCc2cccc(OC)c2O)CCC(C)NCc2cccc(OC)c2O)c1O.